The van der Waals surface area contributed by atoms with E-state index >= 15 is 0 Å². The molecule has 0 saturated heterocycles. The Bertz CT molecular complexity index is 474. The fourth-order valence-electron chi connectivity index (χ4n) is 1.87. The van der Waals surface area contributed by atoms with Gasteiger partial charge in [0.2, 0.25) is 11.8 Å². The molecule has 0 aromatic heterocycles. The first kappa shape index (κ1) is 11.9. The molecule has 1 N–H and O–H groups in total. The van der Waals surface area contributed by atoms with Crippen LogP contribution in [-0.4, -0.2) is 18.4 Å². The zero-order valence-electron chi connectivity index (χ0n) is 9.50. The lowest BCUT2D eigenvalue weighted by Gasteiger charge is -2.21. The van der Waals surface area contributed by atoms with E-state index in [4.69, 9.17) is 11.6 Å². The van der Waals surface area contributed by atoms with E-state index in [1.807, 2.05) is 6.92 Å². The second-order valence-electron chi connectivity index (χ2n) is 3.93. The first-order chi connectivity index (χ1) is 8.11. The first-order valence-corrected chi connectivity index (χ1v) is 5.89. The van der Waals surface area contributed by atoms with E-state index in [2.05, 4.69) is 5.32 Å². The van der Waals surface area contributed by atoms with Crippen molar-refractivity contribution >= 4 is 34.8 Å². The molecular weight excluding hydrogens is 240 g/mol. The zero-order chi connectivity index (χ0) is 12.4. The number of anilines is 2. The lowest BCUT2D eigenvalue weighted by molar-refractivity contribution is -0.124. The van der Waals surface area contributed by atoms with E-state index < -0.39 is 0 Å². The predicted molar refractivity (Wildman–Crippen MR) is 67.3 cm³/mol. The van der Waals surface area contributed by atoms with Crippen molar-refractivity contribution in [1.29, 1.82) is 0 Å². The van der Waals surface area contributed by atoms with Gasteiger partial charge in [0.05, 0.1) is 11.4 Å². The van der Waals surface area contributed by atoms with Gasteiger partial charge in [-0.05, 0) is 24.6 Å². The van der Waals surface area contributed by atoms with Crippen molar-refractivity contribution in [3.8, 4) is 0 Å². The van der Waals surface area contributed by atoms with Gasteiger partial charge in [0.1, 0.15) is 6.42 Å². The summed E-state index contributed by atoms with van der Waals surface area (Å²) in [5, 5.41) is 3.23. The number of benzene rings is 1. The summed E-state index contributed by atoms with van der Waals surface area (Å²) in [6.45, 7) is 2.59. The quantitative estimate of drug-likeness (QED) is 0.822. The molecule has 1 aromatic carbocycles. The smallest absolute Gasteiger partial charge is 0.236 e. The Kier molecular flexibility index (Phi) is 3.33. The van der Waals surface area contributed by atoms with Crippen LogP contribution in [0.5, 0.6) is 0 Å². The van der Waals surface area contributed by atoms with Crippen molar-refractivity contribution in [3.63, 3.8) is 0 Å². The van der Waals surface area contributed by atoms with Crippen molar-refractivity contribution in [2.24, 2.45) is 0 Å². The number of rotatable bonds is 2. The summed E-state index contributed by atoms with van der Waals surface area (Å²) < 4.78 is 0. The Labute approximate surface area is 105 Å². The number of halogens is 1. The van der Waals surface area contributed by atoms with E-state index in [0.29, 0.717) is 22.9 Å². The molecular formula is C12H13ClN2O2. The summed E-state index contributed by atoms with van der Waals surface area (Å²) in [6, 6.07) is 5.14. The number of carbonyl (C=O) groups excluding carboxylic acids is 2. The maximum absolute atomic E-state index is 11.9. The Hall–Kier alpha value is -1.55. The average Bonchev–Trinajstić information content (AvgIpc) is 2.36. The van der Waals surface area contributed by atoms with E-state index in [1.54, 1.807) is 23.1 Å². The van der Waals surface area contributed by atoms with Crippen molar-refractivity contribution in [2.75, 3.05) is 16.8 Å². The number of hydrogen-bond acceptors (Lipinski definition) is 2. The van der Waals surface area contributed by atoms with Crippen LogP contribution in [0.15, 0.2) is 18.2 Å². The summed E-state index contributed by atoms with van der Waals surface area (Å²) in [6.07, 6.45) is 0.717. The van der Waals surface area contributed by atoms with Crippen molar-refractivity contribution < 1.29 is 9.59 Å². The topological polar surface area (TPSA) is 49.4 Å². The Morgan fingerprint density at radius 3 is 2.88 bits per heavy atom. The van der Waals surface area contributed by atoms with Gasteiger partial charge in [-0.15, -0.1) is 0 Å². The molecule has 0 unspecified atom stereocenters. The summed E-state index contributed by atoms with van der Waals surface area (Å²) in [7, 11) is 0. The lowest BCUT2D eigenvalue weighted by atomic mass is 10.2. The van der Waals surface area contributed by atoms with Gasteiger partial charge in [0.25, 0.3) is 0 Å². The van der Waals surface area contributed by atoms with Crippen molar-refractivity contribution in [1.82, 2.24) is 0 Å². The molecule has 0 aliphatic carbocycles. The molecule has 0 bridgehead atoms. The van der Waals surface area contributed by atoms with Crippen LogP contribution >= 0.6 is 11.6 Å². The molecule has 90 valence electrons. The molecule has 2 rings (SSSR count). The second-order valence-corrected chi connectivity index (χ2v) is 4.37. The molecule has 0 atom stereocenters. The second kappa shape index (κ2) is 4.75. The minimum absolute atomic E-state index is 0.119. The van der Waals surface area contributed by atoms with Gasteiger partial charge in [-0.3, -0.25) is 9.59 Å². The predicted octanol–water partition coefficient (Wildman–Crippen LogP) is 2.43. The standard InChI is InChI=1S/C12H13ClN2O2/c1-2-5-15-10-4-3-8(13)6-9(10)14-11(16)7-12(15)17/h3-4,6H,2,5,7H2,1H3,(H,14,16). The van der Waals surface area contributed by atoms with Crippen LogP contribution in [0.1, 0.15) is 19.8 Å². The minimum Gasteiger partial charge on any atom is -0.324 e. The fraction of sp³-hybridized carbons (Fsp3) is 0.333. The third-order valence-corrected chi connectivity index (χ3v) is 2.82. The van der Waals surface area contributed by atoms with Gasteiger partial charge in [-0.1, -0.05) is 18.5 Å². The molecule has 5 heteroatoms. The Balaban J connectivity index is 2.48. The largest absolute Gasteiger partial charge is 0.324 e. The molecule has 1 heterocycles. The number of nitrogens with one attached hydrogen (secondary N) is 1. The molecule has 1 aromatic rings. The highest BCUT2D eigenvalue weighted by Gasteiger charge is 2.25. The number of nitrogens with zero attached hydrogens (tertiary/aromatic N) is 1. The molecule has 1 aliphatic rings. The highest BCUT2D eigenvalue weighted by molar-refractivity contribution is 6.31. The van der Waals surface area contributed by atoms with Crippen LogP contribution in [0.3, 0.4) is 0 Å². The molecule has 0 spiro atoms. The van der Waals surface area contributed by atoms with Gasteiger partial charge < -0.3 is 10.2 Å². The number of amides is 2. The monoisotopic (exact) mass is 252 g/mol. The average molecular weight is 253 g/mol. The molecule has 4 nitrogen and oxygen atoms in total. The molecule has 2 amide bonds. The van der Waals surface area contributed by atoms with Crippen LogP contribution in [0, 0.1) is 0 Å². The SMILES string of the molecule is CCCN1C(=O)CC(=O)Nc2cc(Cl)ccc21. The maximum atomic E-state index is 11.9. The van der Waals surface area contributed by atoms with Crippen molar-refractivity contribution in [3.05, 3.63) is 23.2 Å². The third-order valence-electron chi connectivity index (χ3n) is 2.58. The molecule has 1 aliphatic heterocycles. The maximum Gasteiger partial charge on any atom is 0.236 e. The summed E-state index contributed by atoms with van der Waals surface area (Å²) in [4.78, 5) is 25.0. The van der Waals surface area contributed by atoms with Crippen LogP contribution in [-0.2, 0) is 9.59 Å². The third kappa shape index (κ3) is 2.42. The fourth-order valence-corrected chi connectivity index (χ4v) is 2.05. The summed E-state index contributed by atoms with van der Waals surface area (Å²) in [5.74, 6) is -0.470. The van der Waals surface area contributed by atoms with Crippen LogP contribution in [0.25, 0.3) is 0 Å². The van der Waals surface area contributed by atoms with Gasteiger partial charge in [0.15, 0.2) is 0 Å². The zero-order valence-corrected chi connectivity index (χ0v) is 10.3. The summed E-state index contributed by atoms with van der Waals surface area (Å²) in [5.41, 5.74) is 1.31. The minimum atomic E-state index is -0.294. The van der Waals surface area contributed by atoms with Crippen LogP contribution in [0.4, 0.5) is 11.4 Å². The summed E-state index contributed by atoms with van der Waals surface area (Å²) >= 11 is 5.88. The van der Waals surface area contributed by atoms with E-state index in [9.17, 15) is 9.59 Å². The molecule has 17 heavy (non-hydrogen) atoms. The highest BCUT2D eigenvalue weighted by Crippen LogP contribution is 2.31. The van der Waals surface area contributed by atoms with Gasteiger partial charge in [0, 0.05) is 11.6 Å². The van der Waals surface area contributed by atoms with Crippen LogP contribution < -0.4 is 10.2 Å². The van der Waals surface area contributed by atoms with Gasteiger partial charge in [-0.2, -0.15) is 0 Å². The Morgan fingerprint density at radius 2 is 2.18 bits per heavy atom. The first-order valence-electron chi connectivity index (χ1n) is 5.51. The van der Waals surface area contributed by atoms with Gasteiger partial charge >= 0.3 is 0 Å². The van der Waals surface area contributed by atoms with E-state index in [0.717, 1.165) is 6.42 Å². The van der Waals surface area contributed by atoms with E-state index in [-0.39, 0.29) is 18.2 Å². The van der Waals surface area contributed by atoms with Crippen molar-refractivity contribution in [2.45, 2.75) is 19.8 Å². The normalized spacial score (nSPS) is 15.3. The number of hydrogen-bond donors (Lipinski definition) is 1. The van der Waals surface area contributed by atoms with E-state index in [1.165, 1.54) is 0 Å². The molecule has 0 fully saturated rings. The lowest BCUT2D eigenvalue weighted by Crippen LogP contribution is -2.31. The Morgan fingerprint density at radius 1 is 1.41 bits per heavy atom. The van der Waals surface area contributed by atoms with Gasteiger partial charge in [-0.25, -0.2) is 0 Å². The number of fused-ring (bicyclic) bond motifs is 1. The highest BCUT2D eigenvalue weighted by atomic mass is 35.5. The van der Waals surface area contributed by atoms with Crippen LogP contribution in [0.2, 0.25) is 5.02 Å². The molecule has 0 saturated carbocycles. The number of carbonyl (C=O) groups is 2. The molecule has 0 radical (unpaired) electrons.